The molecule has 5 rings (SSSR count). The third-order valence-electron chi connectivity index (χ3n) is 4.87. The summed E-state index contributed by atoms with van der Waals surface area (Å²) in [6, 6.07) is 4.29. The maximum atomic E-state index is 4.30. The fourth-order valence-corrected chi connectivity index (χ4v) is 4.95. The summed E-state index contributed by atoms with van der Waals surface area (Å²) in [5.74, 6) is 0. The minimum atomic E-state index is 0.472. The van der Waals surface area contributed by atoms with Crippen LogP contribution in [-0.4, -0.2) is 41.0 Å². The molecule has 4 fully saturated rings. The van der Waals surface area contributed by atoms with E-state index in [0.29, 0.717) is 17.0 Å². The van der Waals surface area contributed by atoms with Gasteiger partial charge in [-0.05, 0) is 23.3 Å². The van der Waals surface area contributed by atoms with Crippen molar-refractivity contribution >= 4 is 0 Å². The first-order chi connectivity index (χ1) is 8.57. The number of nitrogens with zero attached hydrogens (tertiary/aromatic N) is 3. The average Bonchev–Trinajstić information content (AvgIpc) is 2.25. The molecule has 4 saturated heterocycles. The molecule has 3 nitrogen and oxygen atoms in total. The molecule has 0 aliphatic carbocycles. The summed E-state index contributed by atoms with van der Waals surface area (Å²) in [7, 11) is 0. The van der Waals surface area contributed by atoms with Crippen molar-refractivity contribution in [2.24, 2.45) is 10.8 Å². The van der Waals surface area contributed by atoms with E-state index >= 15 is 0 Å². The largest absolute Gasteiger partial charge is 0.283 e. The SMILES string of the molecule is CC12CN3CC(C)(CN(C1)C3c1cccnc1)C2. The van der Waals surface area contributed by atoms with Gasteiger partial charge < -0.3 is 0 Å². The van der Waals surface area contributed by atoms with E-state index in [2.05, 4.69) is 40.8 Å². The van der Waals surface area contributed by atoms with E-state index in [-0.39, 0.29) is 0 Å². The summed E-state index contributed by atoms with van der Waals surface area (Å²) >= 11 is 0. The quantitative estimate of drug-likeness (QED) is 0.753. The van der Waals surface area contributed by atoms with Crippen molar-refractivity contribution in [2.75, 3.05) is 26.2 Å². The molecule has 0 amide bonds. The van der Waals surface area contributed by atoms with Gasteiger partial charge in [0.1, 0.15) is 0 Å². The van der Waals surface area contributed by atoms with Gasteiger partial charge in [0.2, 0.25) is 0 Å². The lowest BCUT2D eigenvalue weighted by Gasteiger charge is -2.66. The Morgan fingerprint density at radius 1 is 1.11 bits per heavy atom. The summed E-state index contributed by atoms with van der Waals surface area (Å²) in [6.07, 6.45) is 5.78. The van der Waals surface area contributed by atoms with Gasteiger partial charge >= 0.3 is 0 Å². The Hall–Kier alpha value is -0.930. The second kappa shape index (κ2) is 3.34. The van der Waals surface area contributed by atoms with Gasteiger partial charge in [-0.3, -0.25) is 14.8 Å². The summed E-state index contributed by atoms with van der Waals surface area (Å²) in [6.45, 7) is 9.92. The Kier molecular flexibility index (Phi) is 2.03. The van der Waals surface area contributed by atoms with Crippen molar-refractivity contribution in [3.05, 3.63) is 30.1 Å². The first-order valence-corrected chi connectivity index (χ1v) is 6.95. The molecular formula is C15H21N3. The highest BCUT2D eigenvalue weighted by Gasteiger charge is 2.56. The molecule has 0 spiro atoms. The number of pyridine rings is 1. The van der Waals surface area contributed by atoms with E-state index in [1.807, 2.05) is 12.4 Å². The zero-order valence-corrected chi connectivity index (χ0v) is 11.3. The molecule has 18 heavy (non-hydrogen) atoms. The molecule has 96 valence electrons. The van der Waals surface area contributed by atoms with Crippen LogP contribution in [-0.2, 0) is 0 Å². The molecule has 4 aliphatic rings. The molecule has 3 heteroatoms. The van der Waals surface area contributed by atoms with Crippen molar-refractivity contribution < 1.29 is 0 Å². The van der Waals surface area contributed by atoms with Crippen LogP contribution in [0.1, 0.15) is 32.0 Å². The highest BCUT2D eigenvalue weighted by atomic mass is 15.4. The Morgan fingerprint density at radius 2 is 1.72 bits per heavy atom. The van der Waals surface area contributed by atoms with E-state index in [0.717, 1.165) is 0 Å². The van der Waals surface area contributed by atoms with Gasteiger partial charge in [-0.2, -0.15) is 0 Å². The van der Waals surface area contributed by atoms with Gasteiger partial charge in [-0.25, -0.2) is 0 Å². The van der Waals surface area contributed by atoms with Crippen molar-refractivity contribution in [3.63, 3.8) is 0 Å². The second-order valence-electron chi connectivity index (χ2n) is 7.27. The summed E-state index contributed by atoms with van der Waals surface area (Å²) in [5, 5.41) is 0. The molecule has 1 aromatic heterocycles. The van der Waals surface area contributed by atoms with Gasteiger partial charge in [0.25, 0.3) is 0 Å². The zero-order chi connectivity index (χ0) is 12.4. The van der Waals surface area contributed by atoms with E-state index in [4.69, 9.17) is 0 Å². The zero-order valence-electron chi connectivity index (χ0n) is 11.3. The topological polar surface area (TPSA) is 19.4 Å². The fourth-order valence-electron chi connectivity index (χ4n) is 4.95. The molecule has 0 saturated carbocycles. The van der Waals surface area contributed by atoms with Crippen molar-refractivity contribution in [3.8, 4) is 0 Å². The maximum absolute atomic E-state index is 4.30. The molecule has 0 aromatic carbocycles. The molecule has 4 aliphatic heterocycles. The highest BCUT2D eigenvalue weighted by Crippen LogP contribution is 2.53. The van der Waals surface area contributed by atoms with Crippen molar-refractivity contribution in [2.45, 2.75) is 26.4 Å². The van der Waals surface area contributed by atoms with E-state index < -0.39 is 0 Å². The molecule has 4 bridgehead atoms. The normalized spacial score (nSPS) is 49.6. The molecule has 0 radical (unpaired) electrons. The van der Waals surface area contributed by atoms with Crippen LogP contribution < -0.4 is 0 Å². The predicted molar refractivity (Wildman–Crippen MR) is 71.0 cm³/mol. The van der Waals surface area contributed by atoms with Crippen LogP contribution in [0.5, 0.6) is 0 Å². The Balaban J connectivity index is 1.73. The van der Waals surface area contributed by atoms with E-state index in [1.165, 1.54) is 38.2 Å². The highest BCUT2D eigenvalue weighted by molar-refractivity contribution is 5.19. The van der Waals surface area contributed by atoms with Crippen LogP contribution in [0.15, 0.2) is 24.5 Å². The maximum Gasteiger partial charge on any atom is 0.0902 e. The number of aromatic nitrogens is 1. The van der Waals surface area contributed by atoms with Gasteiger partial charge in [0.15, 0.2) is 0 Å². The summed E-state index contributed by atoms with van der Waals surface area (Å²) in [5.41, 5.74) is 2.37. The van der Waals surface area contributed by atoms with Gasteiger partial charge in [0, 0.05) is 44.1 Å². The van der Waals surface area contributed by atoms with E-state index in [1.54, 1.807) is 0 Å². The smallest absolute Gasteiger partial charge is 0.0902 e. The summed E-state index contributed by atoms with van der Waals surface area (Å²) < 4.78 is 0. The lowest BCUT2D eigenvalue weighted by molar-refractivity contribution is -0.194. The van der Waals surface area contributed by atoms with Crippen LogP contribution in [0.3, 0.4) is 0 Å². The third kappa shape index (κ3) is 1.47. The van der Waals surface area contributed by atoms with Gasteiger partial charge in [-0.15, -0.1) is 0 Å². The molecule has 5 heterocycles. The van der Waals surface area contributed by atoms with Crippen LogP contribution in [0.25, 0.3) is 0 Å². The Morgan fingerprint density at radius 3 is 2.22 bits per heavy atom. The average molecular weight is 243 g/mol. The minimum Gasteiger partial charge on any atom is -0.283 e. The molecular weight excluding hydrogens is 222 g/mol. The molecule has 0 N–H and O–H groups in total. The first-order valence-electron chi connectivity index (χ1n) is 6.95. The Labute approximate surface area is 109 Å². The lowest BCUT2D eigenvalue weighted by atomic mass is 9.63. The Bertz CT molecular complexity index is 434. The molecule has 0 unspecified atom stereocenters. The molecule has 0 atom stereocenters. The van der Waals surface area contributed by atoms with Gasteiger partial charge in [-0.1, -0.05) is 19.9 Å². The lowest BCUT2D eigenvalue weighted by Crippen LogP contribution is -2.70. The first kappa shape index (κ1) is 10.9. The van der Waals surface area contributed by atoms with Crippen LogP contribution in [0.4, 0.5) is 0 Å². The number of hydrogen-bond acceptors (Lipinski definition) is 3. The third-order valence-corrected chi connectivity index (χ3v) is 4.87. The number of rotatable bonds is 1. The standard InChI is InChI=1S/C15H21N3/c1-14-7-15(2)10-17(8-14)13(18(9-14)11-15)12-4-3-5-16-6-12/h3-6,13H,7-11H2,1-2H3. The van der Waals surface area contributed by atoms with E-state index in [9.17, 15) is 0 Å². The minimum absolute atomic E-state index is 0.472. The number of hydrogen-bond donors (Lipinski definition) is 0. The monoisotopic (exact) mass is 243 g/mol. The van der Waals surface area contributed by atoms with Crippen molar-refractivity contribution in [1.82, 2.24) is 14.8 Å². The van der Waals surface area contributed by atoms with Crippen LogP contribution in [0, 0.1) is 10.8 Å². The molecule has 1 aromatic rings. The number of piperidine rings is 2. The summed E-state index contributed by atoms with van der Waals surface area (Å²) in [4.78, 5) is 9.65. The van der Waals surface area contributed by atoms with Crippen LogP contribution in [0.2, 0.25) is 0 Å². The predicted octanol–water partition coefficient (Wildman–Crippen LogP) is 2.13. The second-order valence-corrected chi connectivity index (χ2v) is 7.27. The van der Waals surface area contributed by atoms with Crippen molar-refractivity contribution in [1.29, 1.82) is 0 Å². The van der Waals surface area contributed by atoms with Crippen LogP contribution >= 0.6 is 0 Å². The fraction of sp³-hybridized carbons (Fsp3) is 0.667. The van der Waals surface area contributed by atoms with Gasteiger partial charge in [0.05, 0.1) is 6.17 Å².